The molecule has 1 aromatic rings. The number of hydrogen-bond acceptors (Lipinski definition) is 4. The van der Waals surface area contributed by atoms with E-state index in [9.17, 15) is 4.79 Å². The highest BCUT2D eigenvalue weighted by molar-refractivity contribution is 5.18. The van der Waals surface area contributed by atoms with Crippen molar-refractivity contribution in [3.8, 4) is 5.75 Å². The maximum atomic E-state index is 10.7. The SMILES string of the molecule is CC(O)Cc1cc(O)cc(=O)o1. The van der Waals surface area contributed by atoms with Crippen molar-refractivity contribution in [2.24, 2.45) is 0 Å². The van der Waals surface area contributed by atoms with Crippen LogP contribution in [0, 0.1) is 0 Å². The first-order valence-electron chi connectivity index (χ1n) is 3.59. The van der Waals surface area contributed by atoms with E-state index >= 15 is 0 Å². The second kappa shape index (κ2) is 3.40. The molecule has 0 aliphatic carbocycles. The Bertz CT molecular complexity index is 313. The van der Waals surface area contributed by atoms with Gasteiger partial charge in [0.15, 0.2) is 0 Å². The third kappa shape index (κ3) is 2.39. The molecule has 4 heteroatoms. The van der Waals surface area contributed by atoms with Gasteiger partial charge >= 0.3 is 5.63 Å². The molecule has 0 saturated heterocycles. The van der Waals surface area contributed by atoms with Crippen molar-refractivity contribution in [1.29, 1.82) is 0 Å². The molecule has 12 heavy (non-hydrogen) atoms. The molecule has 1 rings (SSSR count). The van der Waals surface area contributed by atoms with Gasteiger partial charge in [0.05, 0.1) is 12.2 Å². The Morgan fingerprint density at radius 3 is 2.75 bits per heavy atom. The highest BCUT2D eigenvalue weighted by atomic mass is 16.4. The molecular formula is C8H10O4. The molecule has 1 aromatic heterocycles. The molecule has 66 valence electrons. The number of hydrogen-bond donors (Lipinski definition) is 2. The third-order valence-corrected chi connectivity index (χ3v) is 1.30. The summed E-state index contributed by atoms with van der Waals surface area (Å²) in [4.78, 5) is 10.7. The second-order valence-electron chi connectivity index (χ2n) is 2.65. The van der Waals surface area contributed by atoms with Crippen LogP contribution in [0.1, 0.15) is 12.7 Å². The van der Waals surface area contributed by atoms with Crippen LogP contribution in [-0.4, -0.2) is 16.3 Å². The van der Waals surface area contributed by atoms with Gasteiger partial charge in [-0.2, -0.15) is 0 Å². The van der Waals surface area contributed by atoms with Gasteiger partial charge in [-0.05, 0) is 6.92 Å². The molecule has 0 aliphatic rings. The van der Waals surface area contributed by atoms with Gasteiger partial charge in [-0.25, -0.2) is 4.79 Å². The summed E-state index contributed by atoms with van der Waals surface area (Å²) in [5.41, 5.74) is -0.606. The lowest BCUT2D eigenvalue weighted by Gasteiger charge is -2.01. The van der Waals surface area contributed by atoms with Crippen molar-refractivity contribution in [3.05, 3.63) is 28.3 Å². The van der Waals surface area contributed by atoms with Gasteiger partial charge in [0, 0.05) is 12.5 Å². The summed E-state index contributed by atoms with van der Waals surface area (Å²) in [7, 11) is 0. The average molecular weight is 170 g/mol. The fourth-order valence-electron chi connectivity index (χ4n) is 0.907. The number of rotatable bonds is 2. The lowest BCUT2D eigenvalue weighted by molar-refractivity contribution is 0.185. The topological polar surface area (TPSA) is 70.7 Å². The van der Waals surface area contributed by atoms with Crippen molar-refractivity contribution in [3.63, 3.8) is 0 Å². The van der Waals surface area contributed by atoms with Gasteiger partial charge in [-0.1, -0.05) is 0 Å². The van der Waals surface area contributed by atoms with Crippen molar-refractivity contribution in [1.82, 2.24) is 0 Å². The van der Waals surface area contributed by atoms with E-state index in [2.05, 4.69) is 0 Å². The minimum atomic E-state index is -0.606. The molecule has 0 aromatic carbocycles. The first-order chi connectivity index (χ1) is 5.58. The van der Waals surface area contributed by atoms with Crippen LogP contribution in [0.25, 0.3) is 0 Å². The van der Waals surface area contributed by atoms with Gasteiger partial charge in [0.1, 0.15) is 11.5 Å². The first kappa shape index (κ1) is 8.80. The van der Waals surface area contributed by atoms with E-state index in [4.69, 9.17) is 14.6 Å². The van der Waals surface area contributed by atoms with E-state index < -0.39 is 11.7 Å². The number of aromatic hydroxyl groups is 1. The molecule has 4 nitrogen and oxygen atoms in total. The minimum Gasteiger partial charge on any atom is -0.508 e. The average Bonchev–Trinajstić information content (AvgIpc) is 1.81. The van der Waals surface area contributed by atoms with Crippen molar-refractivity contribution >= 4 is 0 Å². The largest absolute Gasteiger partial charge is 0.508 e. The van der Waals surface area contributed by atoms with Crippen LogP contribution in [0.4, 0.5) is 0 Å². The number of aliphatic hydroxyl groups is 1. The van der Waals surface area contributed by atoms with Gasteiger partial charge in [-0.3, -0.25) is 0 Å². The number of aliphatic hydroxyl groups excluding tert-OH is 1. The van der Waals surface area contributed by atoms with Crippen molar-refractivity contribution < 1.29 is 14.6 Å². The molecule has 1 heterocycles. The zero-order valence-corrected chi connectivity index (χ0v) is 6.65. The van der Waals surface area contributed by atoms with Gasteiger partial charge < -0.3 is 14.6 Å². The van der Waals surface area contributed by atoms with Crippen LogP contribution < -0.4 is 5.63 Å². The van der Waals surface area contributed by atoms with Crippen LogP contribution >= 0.6 is 0 Å². The fourth-order valence-corrected chi connectivity index (χ4v) is 0.907. The summed E-state index contributed by atoms with van der Waals surface area (Å²) < 4.78 is 4.69. The normalized spacial score (nSPS) is 12.8. The summed E-state index contributed by atoms with van der Waals surface area (Å²) in [6.07, 6.45) is -0.362. The molecule has 0 saturated carbocycles. The molecule has 0 bridgehead atoms. The van der Waals surface area contributed by atoms with Crippen molar-refractivity contribution in [2.45, 2.75) is 19.4 Å². The zero-order valence-electron chi connectivity index (χ0n) is 6.65. The predicted molar refractivity (Wildman–Crippen MR) is 42.0 cm³/mol. The third-order valence-electron chi connectivity index (χ3n) is 1.30. The van der Waals surface area contributed by atoms with Crippen molar-refractivity contribution in [2.75, 3.05) is 0 Å². The van der Waals surface area contributed by atoms with Crippen LogP contribution in [0.3, 0.4) is 0 Å². The van der Waals surface area contributed by atoms with E-state index in [-0.39, 0.29) is 17.9 Å². The highest BCUT2D eigenvalue weighted by Crippen LogP contribution is 2.09. The Kier molecular flexibility index (Phi) is 2.50. The molecule has 2 N–H and O–H groups in total. The molecule has 1 atom stereocenters. The highest BCUT2D eigenvalue weighted by Gasteiger charge is 2.03. The van der Waals surface area contributed by atoms with E-state index in [1.807, 2.05) is 0 Å². The van der Waals surface area contributed by atoms with E-state index in [0.29, 0.717) is 0 Å². The summed E-state index contributed by atoms with van der Waals surface area (Å²) in [6.45, 7) is 1.57. The second-order valence-corrected chi connectivity index (χ2v) is 2.65. The van der Waals surface area contributed by atoms with Gasteiger partial charge in [-0.15, -0.1) is 0 Å². The molecule has 0 spiro atoms. The Balaban J connectivity index is 2.93. The maximum absolute atomic E-state index is 10.7. The Morgan fingerprint density at radius 2 is 2.25 bits per heavy atom. The van der Waals surface area contributed by atoms with E-state index in [0.717, 1.165) is 6.07 Å². The quantitative estimate of drug-likeness (QED) is 0.668. The fraction of sp³-hybridized carbons (Fsp3) is 0.375. The summed E-state index contributed by atoms with van der Waals surface area (Å²) >= 11 is 0. The van der Waals surface area contributed by atoms with Crippen LogP contribution in [0.2, 0.25) is 0 Å². The Hall–Kier alpha value is -1.29. The molecule has 0 radical (unpaired) electrons. The maximum Gasteiger partial charge on any atom is 0.339 e. The molecule has 0 aliphatic heterocycles. The standard InChI is InChI=1S/C8H10O4/c1-5(9)2-7-3-6(10)4-8(11)12-7/h3-5,9-10H,2H2,1H3. The first-order valence-corrected chi connectivity index (χ1v) is 3.59. The minimum absolute atomic E-state index is 0.137. The van der Waals surface area contributed by atoms with Crippen LogP contribution in [0.5, 0.6) is 5.75 Å². The van der Waals surface area contributed by atoms with E-state index in [1.54, 1.807) is 6.92 Å². The monoisotopic (exact) mass is 170 g/mol. The lowest BCUT2D eigenvalue weighted by atomic mass is 10.2. The Labute approximate surface area is 69.1 Å². The zero-order chi connectivity index (χ0) is 9.14. The molecular weight excluding hydrogens is 160 g/mol. The summed E-state index contributed by atoms with van der Waals surface area (Å²) in [5, 5.41) is 17.9. The molecule has 0 fully saturated rings. The van der Waals surface area contributed by atoms with Crippen LogP contribution in [0.15, 0.2) is 21.3 Å². The van der Waals surface area contributed by atoms with Crippen LogP contribution in [-0.2, 0) is 6.42 Å². The van der Waals surface area contributed by atoms with E-state index in [1.165, 1.54) is 6.07 Å². The predicted octanol–water partition coefficient (Wildman–Crippen LogP) is 0.269. The smallest absolute Gasteiger partial charge is 0.339 e. The van der Waals surface area contributed by atoms with Gasteiger partial charge in [0.25, 0.3) is 0 Å². The molecule has 0 amide bonds. The summed E-state index contributed by atoms with van der Waals surface area (Å²) in [6, 6.07) is 2.29. The van der Waals surface area contributed by atoms with Gasteiger partial charge in [0.2, 0.25) is 0 Å². The molecule has 1 unspecified atom stereocenters. The summed E-state index contributed by atoms with van der Waals surface area (Å²) in [5.74, 6) is 0.150. The Morgan fingerprint density at radius 1 is 1.58 bits per heavy atom. The lowest BCUT2D eigenvalue weighted by Crippen LogP contribution is -2.07.